The van der Waals surface area contributed by atoms with Gasteiger partial charge in [-0.25, -0.2) is 5.53 Å². The van der Waals surface area contributed by atoms with Crippen LogP contribution in [0.15, 0.2) is 23.3 Å². The lowest BCUT2D eigenvalue weighted by molar-refractivity contribution is 1.05. The van der Waals surface area contributed by atoms with Crippen LogP contribution < -0.4 is 5.73 Å². The Morgan fingerprint density at radius 1 is 1.55 bits per heavy atom. The van der Waals surface area contributed by atoms with Gasteiger partial charge in [-0.05, 0) is 24.1 Å². The molecular weight excluding hydrogens is 138 g/mol. The largest absolute Gasteiger partial charge is 0.326 e. The van der Waals surface area contributed by atoms with E-state index in [-0.39, 0.29) is 0 Å². The highest BCUT2D eigenvalue weighted by atomic mass is 15.0. The van der Waals surface area contributed by atoms with E-state index in [4.69, 9.17) is 11.3 Å². The maximum atomic E-state index is 6.84. The SMILES string of the molecule is Cc1ccc(CN)cc1N=N. The van der Waals surface area contributed by atoms with E-state index >= 15 is 0 Å². The van der Waals surface area contributed by atoms with E-state index in [2.05, 4.69) is 5.11 Å². The van der Waals surface area contributed by atoms with Crippen molar-refractivity contribution in [1.82, 2.24) is 0 Å². The number of nitrogens with zero attached hydrogens (tertiary/aromatic N) is 1. The van der Waals surface area contributed by atoms with Crippen LogP contribution in [-0.4, -0.2) is 0 Å². The second kappa shape index (κ2) is 3.25. The zero-order valence-electron chi connectivity index (χ0n) is 6.46. The maximum Gasteiger partial charge on any atom is 0.0882 e. The van der Waals surface area contributed by atoms with Crippen molar-refractivity contribution in [2.45, 2.75) is 13.5 Å². The van der Waals surface area contributed by atoms with Crippen molar-refractivity contribution in [1.29, 1.82) is 5.53 Å². The Morgan fingerprint density at radius 3 is 2.82 bits per heavy atom. The molecule has 0 radical (unpaired) electrons. The lowest BCUT2D eigenvalue weighted by atomic mass is 10.1. The van der Waals surface area contributed by atoms with Gasteiger partial charge in [-0.3, -0.25) is 0 Å². The minimum Gasteiger partial charge on any atom is -0.326 e. The molecule has 0 aliphatic rings. The smallest absolute Gasteiger partial charge is 0.0882 e. The van der Waals surface area contributed by atoms with Gasteiger partial charge < -0.3 is 5.73 Å². The van der Waals surface area contributed by atoms with E-state index < -0.39 is 0 Å². The summed E-state index contributed by atoms with van der Waals surface area (Å²) >= 11 is 0. The minimum absolute atomic E-state index is 0.503. The third-order valence-corrected chi connectivity index (χ3v) is 1.63. The first-order valence-corrected chi connectivity index (χ1v) is 3.45. The van der Waals surface area contributed by atoms with Crippen LogP contribution in [0.5, 0.6) is 0 Å². The van der Waals surface area contributed by atoms with E-state index in [1.165, 1.54) is 0 Å². The van der Waals surface area contributed by atoms with Crippen molar-refractivity contribution < 1.29 is 0 Å². The topological polar surface area (TPSA) is 62.2 Å². The molecule has 3 N–H and O–H groups in total. The van der Waals surface area contributed by atoms with E-state index in [0.717, 1.165) is 11.1 Å². The van der Waals surface area contributed by atoms with Crippen LogP contribution in [0, 0.1) is 12.5 Å². The molecular formula is C8H11N3. The molecule has 0 saturated carbocycles. The highest BCUT2D eigenvalue weighted by molar-refractivity contribution is 5.46. The predicted molar refractivity (Wildman–Crippen MR) is 43.9 cm³/mol. The molecule has 0 aliphatic heterocycles. The van der Waals surface area contributed by atoms with Crippen molar-refractivity contribution in [3.63, 3.8) is 0 Å². The first-order chi connectivity index (χ1) is 5.27. The van der Waals surface area contributed by atoms with Crippen LogP contribution in [-0.2, 0) is 6.54 Å². The van der Waals surface area contributed by atoms with Gasteiger partial charge in [0, 0.05) is 6.54 Å². The summed E-state index contributed by atoms with van der Waals surface area (Å²) in [5.74, 6) is 0. The molecule has 3 nitrogen and oxygen atoms in total. The first kappa shape index (κ1) is 7.88. The van der Waals surface area contributed by atoms with Gasteiger partial charge in [0.2, 0.25) is 0 Å². The summed E-state index contributed by atoms with van der Waals surface area (Å²) in [6.07, 6.45) is 0. The van der Waals surface area contributed by atoms with Crippen molar-refractivity contribution in [2.24, 2.45) is 10.8 Å². The summed E-state index contributed by atoms with van der Waals surface area (Å²) in [5.41, 5.74) is 15.0. The van der Waals surface area contributed by atoms with Crippen molar-refractivity contribution in [3.8, 4) is 0 Å². The zero-order valence-corrected chi connectivity index (χ0v) is 6.46. The summed E-state index contributed by atoms with van der Waals surface area (Å²) < 4.78 is 0. The summed E-state index contributed by atoms with van der Waals surface area (Å²) in [7, 11) is 0. The number of nitrogens with one attached hydrogen (secondary N) is 1. The summed E-state index contributed by atoms with van der Waals surface area (Å²) in [4.78, 5) is 0. The second-order valence-corrected chi connectivity index (χ2v) is 2.44. The Labute approximate surface area is 65.7 Å². The summed E-state index contributed by atoms with van der Waals surface area (Å²) in [5, 5.41) is 3.37. The molecule has 0 bridgehead atoms. The van der Waals surface area contributed by atoms with Crippen LogP contribution in [0.1, 0.15) is 11.1 Å². The van der Waals surface area contributed by atoms with E-state index in [1.807, 2.05) is 25.1 Å². The lowest BCUT2D eigenvalue weighted by Gasteiger charge is -2.00. The van der Waals surface area contributed by atoms with E-state index in [1.54, 1.807) is 0 Å². The molecule has 0 heterocycles. The van der Waals surface area contributed by atoms with Crippen molar-refractivity contribution in [2.75, 3.05) is 0 Å². The number of hydrogen-bond donors (Lipinski definition) is 2. The molecule has 1 aromatic carbocycles. The Kier molecular flexibility index (Phi) is 2.33. The molecule has 0 saturated heterocycles. The van der Waals surface area contributed by atoms with Crippen molar-refractivity contribution >= 4 is 5.69 Å². The van der Waals surface area contributed by atoms with Gasteiger partial charge in [-0.1, -0.05) is 12.1 Å². The number of benzene rings is 1. The molecule has 0 aliphatic carbocycles. The van der Waals surface area contributed by atoms with E-state index in [9.17, 15) is 0 Å². The molecule has 11 heavy (non-hydrogen) atoms. The molecule has 1 aromatic rings. The number of rotatable bonds is 2. The number of aryl methyl sites for hydroxylation is 1. The number of hydrogen-bond acceptors (Lipinski definition) is 3. The minimum atomic E-state index is 0.503. The average Bonchev–Trinajstić information content (AvgIpc) is 2.05. The van der Waals surface area contributed by atoms with E-state index in [0.29, 0.717) is 12.2 Å². The fourth-order valence-corrected chi connectivity index (χ4v) is 0.902. The van der Waals surface area contributed by atoms with Gasteiger partial charge >= 0.3 is 0 Å². The highest BCUT2D eigenvalue weighted by Gasteiger charge is 1.96. The molecule has 0 spiro atoms. The van der Waals surface area contributed by atoms with Gasteiger partial charge in [0.1, 0.15) is 0 Å². The maximum absolute atomic E-state index is 6.84. The molecule has 1 rings (SSSR count). The summed E-state index contributed by atoms with van der Waals surface area (Å²) in [6.45, 7) is 2.43. The van der Waals surface area contributed by atoms with Gasteiger partial charge in [0.05, 0.1) is 5.69 Å². The van der Waals surface area contributed by atoms with Crippen molar-refractivity contribution in [3.05, 3.63) is 29.3 Å². The molecule has 0 fully saturated rings. The van der Waals surface area contributed by atoms with Crippen LogP contribution in [0.25, 0.3) is 0 Å². The Bertz CT molecular complexity index is 268. The van der Waals surface area contributed by atoms with Crippen LogP contribution in [0.2, 0.25) is 0 Å². The molecule has 0 atom stereocenters. The van der Waals surface area contributed by atoms with Crippen LogP contribution >= 0.6 is 0 Å². The van der Waals surface area contributed by atoms with Gasteiger partial charge in [0.15, 0.2) is 0 Å². The summed E-state index contributed by atoms with van der Waals surface area (Å²) in [6, 6.07) is 5.71. The third-order valence-electron chi connectivity index (χ3n) is 1.63. The van der Waals surface area contributed by atoms with Crippen LogP contribution in [0.3, 0.4) is 0 Å². The standard InChI is InChI=1S/C8H11N3/c1-6-2-3-7(5-9)4-8(6)11-10/h2-4,10H,5,9H2,1H3. The van der Waals surface area contributed by atoms with Gasteiger partial charge in [0.25, 0.3) is 0 Å². The third kappa shape index (κ3) is 1.62. The Hall–Kier alpha value is -1.22. The molecule has 0 amide bonds. The lowest BCUT2D eigenvalue weighted by Crippen LogP contribution is -1.95. The highest BCUT2D eigenvalue weighted by Crippen LogP contribution is 2.19. The predicted octanol–water partition coefficient (Wildman–Crippen LogP) is 2.12. The van der Waals surface area contributed by atoms with Gasteiger partial charge in [-0.15, -0.1) is 0 Å². The van der Waals surface area contributed by atoms with Gasteiger partial charge in [-0.2, -0.15) is 5.11 Å². The quantitative estimate of drug-likeness (QED) is 0.621. The molecule has 3 heteroatoms. The fourth-order valence-electron chi connectivity index (χ4n) is 0.902. The fraction of sp³-hybridized carbons (Fsp3) is 0.250. The Morgan fingerprint density at radius 2 is 2.27 bits per heavy atom. The monoisotopic (exact) mass is 149 g/mol. The molecule has 0 unspecified atom stereocenters. The zero-order chi connectivity index (χ0) is 8.27. The second-order valence-electron chi connectivity index (χ2n) is 2.44. The Balaban J connectivity index is 3.12. The number of nitrogens with two attached hydrogens (primary N) is 1. The average molecular weight is 149 g/mol. The molecule has 0 aromatic heterocycles. The first-order valence-electron chi connectivity index (χ1n) is 3.45. The molecule has 58 valence electrons. The van der Waals surface area contributed by atoms with Crippen LogP contribution in [0.4, 0.5) is 5.69 Å². The normalized spacial score (nSPS) is 9.64.